The quantitative estimate of drug-likeness (QED) is 0.651. The molecule has 0 saturated carbocycles. The van der Waals surface area contributed by atoms with E-state index in [2.05, 4.69) is 10.3 Å². The SMILES string of the molecule is C[C@@H](C(=O)NCc1ccco1)N1C(=O)N2CCc3c([nH]c4ccccc34)[C@@]2(C)C1=O. The Balaban J connectivity index is 1.46. The Morgan fingerprint density at radius 3 is 2.83 bits per heavy atom. The number of urea groups is 1. The van der Waals surface area contributed by atoms with E-state index in [1.54, 1.807) is 30.9 Å². The standard InChI is InChI=1S/C22H22N4O4/c1-13(19(27)23-12-14-6-5-11-30-14)26-20(28)22(2)18-16(9-10-25(22)21(26)29)15-7-3-4-8-17(15)24-18/h3-8,11,13,24H,9-10,12H2,1-2H3,(H,23,27)/t13-,22-/m0/s1. The predicted octanol–water partition coefficient (Wildman–Crippen LogP) is 2.50. The van der Waals surface area contributed by atoms with Crippen molar-refractivity contribution in [3.05, 3.63) is 59.7 Å². The number of benzene rings is 1. The normalized spacial score (nSPS) is 21.7. The lowest BCUT2D eigenvalue weighted by molar-refractivity contribution is -0.139. The van der Waals surface area contributed by atoms with Crippen LogP contribution in [-0.4, -0.2) is 45.2 Å². The van der Waals surface area contributed by atoms with Gasteiger partial charge >= 0.3 is 6.03 Å². The first-order chi connectivity index (χ1) is 14.4. The summed E-state index contributed by atoms with van der Waals surface area (Å²) in [5.41, 5.74) is 1.58. The smallest absolute Gasteiger partial charge is 0.328 e. The first-order valence-corrected chi connectivity index (χ1v) is 9.98. The van der Waals surface area contributed by atoms with E-state index in [1.807, 2.05) is 24.3 Å². The van der Waals surface area contributed by atoms with Gasteiger partial charge in [0.25, 0.3) is 5.91 Å². The van der Waals surface area contributed by atoms with E-state index in [-0.39, 0.29) is 12.5 Å². The summed E-state index contributed by atoms with van der Waals surface area (Å²) >= 11 is 0. The van der Waals surface area contributed by atoms with Crippen molar-refractivity contribution in [2.75, 3.05) is 6.54 Å². The van der Waals surface area contributed by atoms with Crippen molar-refractivity contribution in [1.29, 1.82) is 0 Å². The minimum absolute atomic E-state index is 0.194. The first kappa shape index (κ1) is 18.5. The van der Waals surface area contributed by atoms with Gasteiger partial charge in [0, 0.05) is 17.4 Å². The third-order valence-electron chi connectivity index (χ3n) is 6.28. The van der Waals surface area contributed by atoms with Crippen molar-refractivity contribution in [3.8, 4) is 0 Å². The number of H-pyrrole nitrogens is 1. The van der Waals surface area contributed by atoms with E-state index >= 15 is 0 Å². The number of furan rings is 1. The molecule has 30 heavy (non-hydrogen) atoms. The third-order valence-corrected chi connectivity index (χ3v) is 6.28. The molecule has 2 atom stereocenters. The van der Waals surface area contributed by atoms with E-state index in [0.717, 1.165) is 27.1 Å². The number of amides is 4. The molecule has 2 N–H and O–H groups in total. The molecule has 0 spiro atoms. The van der Waals surface area contributed by atoms with E-state index < -0.39 is 23.5 Å². The second-order valence-corrected chi connectivity index (χ2v) is 7.93. The summed E-state index contributed by atoms with van der Waals surface area (Å²) in [4.78, 5) is 45.4. The lowest BCUT2D eigenvalue weighted by atomic mass is 9.87. The molecule has 1 fully saturated rings. The van der Waals surface area contributed by atoms with Gasteiger partial charge in [-0.2, -0.15) is 0 Å². The van der Waals surface area contributed by atoms with Gasteiger partial charge in [-0.15, -0.1) is 0 Å². The molecule has 154 valence electrons. The molecule has 8 heteroatoms. The Hall–Kier alpha value is -3.55. The minimum Gasteiger partial charge on any atom is -0.467 e. The first-order valence-electron chi connectivity index (χ1n) is 9.98. The fourth-order valence-corrected chi connectivity index (χ4v) is 4.61. The van der Waals surface area contributed by atoms with Crippen molar-refractivity contribution >= 4 is 28.7 Å². The Morgan fingerprint density at radius 2 is 2.07 bits per heavy atom. The topological polar surface area (TPSA) is 98.7 Å². The molecule has 2 aliphatic rings. The molecule has 8 nitrogen and oxygen atoms in total. The summed E-state index contributed by atoms with van der Waals surface area (Å²) in [5, 5.41) is 3.80. The van der Waals surface area contributed by atoms with Crippen LogP contribution in [0.5, 0.6) is 0 Å². The predicted molar refractivity (Wildman–Crippen MR) is 108 cm³/mol. The van der Waals surface area contributed by atoms with Crippen LogP contribution in [-0.2, 0) is 28.1 Å². The van der Waals surface area contributed by atoms with Crippen molar-refractivity contribution < 1.29 is 18.8 Å². The zero-order chi connectivity index (χ0) is 21.0. The van der Waals surface area contributed by atoms with Crippen LogP contribution in [0.4, 0.5) is 4.79 Å². The fraction of sp³-hybridized carbons (Fsp3) is 0.318. The second kappa shape index (κ2) is 6.48. The van der Waals surface area contributed by atoms with Crippen LogP contribution >= 0.6 is 0 Å². The van der Waals surface area contributed by atoms with Gasteiger partial charge in [0.15, 0.2) is 5.54 Å². The number of para-hydroxylation sites is 1. The van der Waals surface area contributed by atoms with Crippen molar-refractivity contribution in [2.45, 2.75) is 38.4 Å². The lowest BCUT2D eigenvalue weighted by Crippen LogP contribution is -2.49. The van der Waals surface area contributed by atoms with Gasteiger partial charge in [0.1, 0.15) is 11.8 Å². The van der Waals surface area contributed by atoms with Gasteiger partial charge in [-0.25, -0.2) is 9.69 Å². The van der Waals surface area contributed by atoms with Crippen LogP contribution < -0.4 is 5.32 Å². The average molecular weight is 406 g/mol. The van der Waals surface area contributed by atoms with Crippen molar-refractivity contribution in [1.82, 2.24) is 20.1 Å². The van der Waals surface area contributed by atoms with Gasteiger partial charge in [-0.05, 0) is 44.0 Å². The van der Waals surface area contributed by atoms with Gasteiger partial charge in [0.05, 0.1) is 18.5 Å². The van der Waals surface area contributed by atoms with Gasteiger partial charge in [-0.3, -0.25) is 9.59 Å². The number of nitrogens with one attached hydrogen (secondary N) is 2. The molecule has 0 unspecified atom stereocenters. The molecular weight excluding hydrogens is 384 g/mol. The number of aromatic nitrogens is 1. The van der Waals surface area contributed by atoms with Crippen LogP contribution in [0.15, 0.2) is 47.1 Å². The van der Waals surface area contributed by atoms with E-state index in [1.165, 1.54) is 6.26 Å². The van der Waals surface area contributed by atoms with Crippen LogP contribution in [0, 0.1) is 0 Å². The van der Waals surface area contributed by atoms with E-state index in [0.29, 0.717) is 18.7 Å². The van der Waals surface area contributed by atoms with Crippen LogP contribution in [0.25, 0.3) is 10.9 Å². The van der Waals surface area contributed by atoms with Crippen molar-refractivity contribution in [3.63, 3.8) is 0 Å². The highest BCUT2D eigenvalue weighted by atomic mass is 16.3. The summed E-state index contributed by atoms with van der Waals surface area (Å²) in [6.07, 6.45) is 2.18. The molecule has 4 amide bonds. The second-order valence-electron chi connectivity index (χ2n) is 7.93. The van der Waals surface area contributed by atoms with E-state index in [4.69, 9.17) is 4.42 Å². The molecule has 4 heterocycles. The van der Waals surface area contributed by atoms with Crippen molar-refractivity contribution in [2.24, 2.45) is 0 Å². The fourth-order valence-electron chi connectivity index (χ4n) is 4.61. The zero-order valence-electron chi connectivity index (χ0n) is 16.8. The van der Waals surface area contributed by atoms with Crippen LogP contribution in [0.1, 0.15) is 30.9 Å². The molecule has 5 rings (SSSR count). The summed E-state index contributed by atoms with van der Waals surface area (Å²) < 4.78 is 5.22. The molecule has 1 saturated heterocycles. The summed E-state index contributed by atoms with van der Waals surface area (Å²) in [6, 6.07) is 9.99. The van der Waals surface area contributed by atoms with Crippen LogP contribution in [0.3, 0.4) is 0 Å². The highest BCUT2D eigenvalue weighted by molar-refractivity contribution is 6.10. The molecule has 2 aromatic heterocycles. The Kier molecular flexibility index (Phi) is 3.99. The van der Waals surface area contributed by atoms with Gasteiger partial charge in [0.2, 0.25) is 5.91 Å². The number of carbonyl (C=O) groups is 3. The number of aromatic amines is 1. The van der Waals surface area contributed by atoms with E-state index in [9.17, 15) is 14.4 Å². The molecule has 0 aliphatic carbocycles. The highest BCUT2D eigenvalue weighted by Crippen LogP contribution is 2.44. The Labute approximate surface area is 172 Å². The monoisotopic (exact) mass is 406 g/mol. The highest BCUT2D eigenvalue weighted by Gasteiger charge is 2.60. The summed E-state index contributed by atoms with van der Waals surface area (Å²) in [6.45, 7) is 3.95. The number of fused-ring (bicyclic) bond motifs is 5. The molecule has 2 aliphatic heterocycles. The summed E-state index contributed by atoms with van der Waals surface area (Å²) in [7, 11) is 0. The average Bonchev–Trinajstić information content (AvgIpc) is 3.44. The van der Waals surface area contributed by atoms with Gasteiger partial charge < -0.3 is 19.6 Å². The summed E-state index contributed by atoms with van der Waals surface area (Å²) in [5.74, 6) is -0.198. The lowest BCUT2D eigenvalue weighted by Gasteiger charge is -2.36. The maximum Gasteiger partial charge on any atom is 0.328 e. The van der Waals surface area contributed by atoms with Gasteiger partial charge in [-0.1, -0.05) is 18.2 Å². The number of carbonyl (C=O) groups excluding carboxylic acids is 3. The number of hydrogen-bond donors (Lipinski definition) is 2. The maximum atomic E-state index is 13.5. The number of hydrogen-bond acceptors (Lipinski definition) is 4. The number of nitrogens with zero attached hydrogens (tertiary/aromatic N) is 2. The number of rotatable bonds is 4. The molecule has 0 radical (unpaired) electrons. The van der Waals surface area contributed by atoms with Crippen LogP contribution in [0.2, 0.25) is 0 Å². The molecule has 3 aromatic rings. The Morgan fingerprint density at radius 1 is 1.27 bits per heavy atom. The maximum absolute atomic E-state index is 13.5. The number of imide groups is 1. The third kappa shape index (κ3) is 2.43. The minimum atomic E-state index is -1.15. The molecular formula is C22H22N4O4. The molecule has 0 bridgehead atoms. The zero-order valence-corrected chi connectivity index (χ0v) is 16.8. The Bertz CT molecular complexity index is 1170. The molecule has 1 aromatic carbocycles. The largest absolute Gasteiger partial charge is 0.467 e.